The molecule has 0 atom stereocenters. The van der Waals surface area contributed by atoms with Crippen molar-refractivity contribution in [2.75, 3.05) is 31.5 Å². The molecular formula is C14H20N2. The van der Waals surface area contributed by atoms with Gasteiger partial charge in [-0.2, -0.15) is 0 Å². The van der Waals surface area contributed by atoms with Crippen LogP contribution in [0.1, 0.15) is 0 Å². The number of nitrogens with zero attached hydrogens (tertiary/aromatic N) is 1. The molecule has 0 aliphatic heterocycles. The van der Waals surface area contributed by atoms with Crippen LogP contribution in [-0.4, -0.2) is 31.1 Å². The zero-order valence-corrected chi connectivity index (χ0v) is 9.73. The summed E-state index contributed by atoms with van der Waals surface area (Å²) in [7, 11) is 0. The molecule has 0 saturated carbocycles. The number of hydrogen-bond acceptors (Lipinski definition) is 2. The van der Waals surface area contributed by atoms with Crippen molar-refractivity contribution in [2.24, 2.45) is 0 Å². The largest absolute Gasteiger partial charge is 0.384 e. The SMILES string of the molecule is C=CCN(CC=C)CCNc1ccccc1. The van der Waals surface area contributed by atoms with Crippen molar-refractivity contribution in [3.63, 3.8) is 0 Å². The van der Waals surface area contributed by atoms with Gasteiger partial charge in [0.05, 0.1) is 0 Å². The van der Waals surface area contributed by atoms with Gasteiger partial charge in [0, 0.05) is 31.9 Å². The van der Waals surface area contributed by atoms with Gasteiger partial charge in [0.1, 0.15) is 0 Å². The van der Waals surface area contributed by atoms with Crippen LogP contribution >= 0.6 is 0 Å². The second-order valence-electron chi connectivity index (χ2n) is 3.63. The molecule has 0 fully saturated rings. The normalized spacial score (nSPS) is 10.1. The van der Waals surface area contributed by atoms with Crippen LogP contribution < -0.4 is 5.32 Å². The van der Waals surface area contributed by atoms with Gasteiger partial charge in [-0.1, -0.05) is 30.4 Å². The molecule has 1 rings (SSSR count). The fourth-order valence-corrected chi connectivity index (χ4v) is 1.54. The first kappa shape index (κ1) is 12.5. The summed E-state index contributed by atoms with van der Waals surface area (Å²) in [6, 6.07) is 10.2. The molecule has 0 heterocycles. The fraction of sp³-hybridized carbons (Fsp3) is 0.286. The summed E-state index contributed by atoms with van der Waals surface area (Å²) in [6.45, 7) is 11.2. The van der Waals surface area contributed by atoms with Crippen LogP contribution in [0.2, 0.25) is 0 Å². The summed E-state index contributed by atoms with van der Waals surface area (Å²) < 4.78 is 0. The average Bonchev–Trinajstić information content (AvgIpc) is 2.31. The van der Waals surface area contributed by atoms with Crippen LogP contribution in [0.4, 0.5) is 5.69 Å². The Morgan fingerprint density at radius 3 is 2.25 bits per heavy atom. The summed E-state index contributed by atoms with van der Waals surface area (Å²) in [5, 5.41) is 3.38. The van der Waals surface area contributed by atoms with Crippen LogP contribution in [0.15, 0.2) is 55.6 Å². The third-order valence-electron chi connectivity index (χ3n) is 2.31. The minimum absolute atomic E-state index is 0.905. The van der Waals surface area contributed by atoms with Crippen LogP contribution in [0, 0.1) is 0 Å². The highest BCUT2D eigenvalue weighted by atomic mass is 15.1. The average molecular weight is 216 g/mol. The highest BCUT2D eigenvalue weighted by Gasteiger charge is 1.99. The first-order chi connectivity index (χ1) is 7.86. The van der Waals surface area contributed by atoms with E-state index in [-0.39, 0.29) is 0 Å². The van der Waals surface area contributed by atoms with Crippen molar-refractivity contribution in [1.82, 2.24) is 4.90 Å². The van der Waals surface area contributed by atoms with Gasteiger partial charge in [0.2, 0.25) is 0 Å². The quantitative estimate of drug-likeness (QED) is 0.672. The van der Waals surface area contributed by atoms with Crippen molar-refractivity contribution in [1.29, 1.82) is 0 Å². The van der Waals surface area contributed by atoms with Crippen LogP contribution in [0.3, 0.4) is 0 Å². The van der Waals surface area contributed by atoms with E-state index in [1.54, 1.807) is 0 Å². The Morgan fingerprint density at radius 1 is 1.06 bits per heavy atom. The summed E-state index contributed by atoms with van der Waals surface area (Å²) in [6.07, 6.45) is 3.85. The first-order valence-electron chi connectivity index (χ1n) is 5.60. The molecular weight excluding hydrogens is 196 g/mol. The van der Waals surface area contributed by atoms with Crippen LogP contribution in [0.25, 0.3) is 0 Å². The number of nitrogens with one attached hydrogen (secondary N) is 1. The lowest BCUT2D eigenvalue weighted by Crippen LogP contribution is -2.29. The van der Waals surface area contributed by atoms with E-state index in [1.807, 2.05) is 30.4 Å². The standard InChI is InChI=1S/C14H20N2/c1-3-11-16(12-4-2)13-10-15-14-8-6-5-7-9-14/h3-9,15H,1-2,10-13H2. The number of rotatable bonds is 8. The molecule has 1 aromatic carbocycles. The van der Waals surface area contributed by atoms with E-state index < -0.39 is 0 Å². The Balaban J connectivity index is 2.27. The molecule has 1 N–H and O–H groups in total. The van der Waals surface area contributed by atoms with E-state index in [2.05, 4.69) is 35.5 Å². The zero-order chi connectivity index (χ0) is 11.6. The molecule has 0 radical (unpaired) electrons. The van der Waals surface area contributed by atoms with Crippen molar-refractivity contribution in [3.8, 4) is 0 Å². The Labute approximate surface area is 98.3 Å². The lowest BCUT2D eigenvalue weighted by molar-refractivity contribution is 0.349. The Kier molecular flexibility index (Phi) is 6.04. The lowest BCUT2D eigenvalue weighted by atomic mass is 10.3. The van der Waals surface area contributed by atoms with Crippen molar-refractivity contribution < 1.29 is 0 Å². The summed E-state index contributed by atoms with van der Waals surface area (Å²) in [5.41, 5.74) is 1.17. The van der Waals surface area contributed by atoms with Gasteiger partial charge in [0.25, 0.3) is 0 Å². The fourth-order valence-electron chi connectivity index (χ4n) is 1.54. The molecule has 0 aliphatic carbocycles. The number of anilines is 1. The monoisotopic (exact) mass is 216 g/mol. The van der Waals surface area contributed by atoms with Gasteiger partial charge in [-0.15, -0.1) is 13.2 Å². The zero-order valence-electron chi connectivity index (χ0n) is 9.73. The smallest absolute Gasteiger partial charge is 0.0340 e. The molecule has 0 spiro atoms. The highest BCUT2D eigenvalue weighted by Crippen LogP contribution is 2.04. The number of hydrogen-bond donors (Lipinski definition) is 1. The van der Waals surface area contributed by atoms with Gasteiger partial charge in [-0.3, -0.25) is 4.90 Å². The molecule has 2 heteroatoms. The topological polar surface area (TPSA) is 15.3 Å². The Bertz CT molecular complexity index is 296. The Morgan fingerprint density at radius 2 is 1.69 bits per heavy atom. The number of para-hydroxylation sites is 1. The van der Waals surface area contributed by atoms with E-state index in [9.17, 15) is 0 Å². The molecule has 0 aliphatic rings. The minimum atomic E-state index is 0.905. The van der Waals surface area contributed by atoms with Crippen molar-refractivity contribution >= 4 is 5.69 Å². The second kappa shape index (κ2) is 7.71. The van der Waals surface area contributed by atoms with E-state index in [1.165, 1.54) is 5.69 Å². The maximum Gasteiger partial charge on any atom is 0.0340 e. The molecule has 0 amide bonds. The predicted molar refractivity (Wildman–Crippen MR) is 71.8 cm³/mol. The molecule has 0 saturated heterocycles. The van der Waals surface area contributed by atoms with Gasteiger partial charge in [-0.25, -0.2) is 0 Å². The summed E-state index contributed by atoms with van der Waals surface area (Å²) in [4.78, 5) is 2.29. The third-order valence-corrected chi connectivity index (χ3v) is 2.31. The van der Waals surface area contributed by atoms with Gasteiger partial charge >= 0.3 is 0 Å². The highest BCUT2D eigenvalue weighted by molar-refractivity contribution is 5.42. The van der Waals surface area contributed by atoms with Crippen molar-refractivity contribution in [2.45, 2.75) is 0 Å². The summed E-state index contributed by atoms with van der Waals surface area (Å²) >= 11 is 0. The molecule has 16 heavy (non-hydrogen) atoms. The summed E-state index contributed by atoms with van der Waals surface area (Å²) in [5.74, 6) is 0. The number of benzene rings is 1. The van der Waals surface area contributed by atoms with E-state index in [4.69, 9.17) is 0 Å². The second-order valence-corrected chi connectivity index (χ2v) is 3.63. The molecule has 1 aromatic rings. The van der Waals surface area contributed by atoms with Crippen LogP contribution in [-0.2, 0) is 0 Å². The maximum absolute atomic E-state index is 3.75. The van der Waals surface area contributed by atoms with Gasteiger partial charge in [0.15, 0.2) is 0 Å². The molecule has 0 bridgehead atoms. The molecule has 2 nitrogen and oxygen atoms in total. The first-order valence-corrected chi connectivity index (χ1v) is 5.60. The molecule has 0 aromatic heterocycles. The van der Waals surface area contributed by atoms with Gasteiger partial charge in [-0.05, 0) is 12.1 Å². The van der Waals surface area contributed by atoms with E-state index >= 15 is 0 Å². The minimum Gasteiger partial charge on any atom is -0.384 e. The Hall–Kier alpha value is -1.54. The van der Waals surface area contributed by atoms with Gasteiger partial charge < -0.3 is 5.32 Å². The van der Waals surface area contributed by atoms with E-state index in [0.29, 0.717) is 0 Å². The van der Waals surface area contributed by atoms with Crippen LogP contribution in [0.5, 0.6) is 0 Å². The molecule has 0 unspecified atom stereocenters. The van der Waals surface area contributed by atoms with E-state index in [0.717, 1.165) is 26.2 Å². The third kappa shape index (κ3) is 4.80. The predicted octanol–water partition coefficient (Wildman–Crippen LogP) is 2.77. The molecule has 86 valence electrons. The van der Waals surface area contributed by atoms with Crippen molar-refractivity contribution in [3.05, 3.63) is 55.6 Å². The lowest BCUT2D eigenvalue weighted by Gasteiger charge is -2.19. The maximum atomic E-state index is 3.75.